The summed E-state index contributed by atoms with van der Waals surface area (Å²) >= 11 is 1.68. The molecule has 1 saturated carbocycles. The van der Waals surface area contributed by atoms with Gasteiger partial charge in [0.05, 0.1) is 0 Å². The Hall–Kier alpha value is 0.360. The molecule has 0 aliphatic heterocycles. The molecule has 0 aromatic heterocycles. The second-order valence-electron chi connectivity index (χ2n) is 3.15. The van der Waals surface area contributed by atoms with Crippen molar-refractivity contribution in [1.29, 1.82) is 0 Å². The van der Waals surface area contributed by atoms with E-state index in [1.165, 1.54) is 19.3 Å². The van der Waals surface area contributed by atoms with E-state index < -0.39 is 6.10 Å². The number of hydrogen-bond acceptors (Lipinski definition) is 2. The maximum Gasteiger partial charge on any atom is 0.220 e. The van der Waals surface area contributed by atoms with Crippen molar-refractivity contribution in [2.75, 3.05) is 0 Å². The standard InChI is InChI=1S/C8H13IO2/c9-8(11)7(10)6-4-2-1-3-5-6/h6-7,10H,1-5H2. The van der Waals surface area contributed by atoms with Crippen LogP contribution in [0.1, 0.15) is 32.1 Å². The van der Waals surface area contributed by atoms with E-state index in [0.717, 1.165) is 12.8 Å². The lowest BCUT2D eigenvalue weighted by Crippen LogP contribution is -2.27. The predicted octanol–water partition coefficient (Wildman–Crippen LogP) is 1.89. The van der Waals surface area contributed by atoms with Crippen molar-refractivity contribution in [1.82, 2.24) is 0 Å². The lowest BCUT2D eigenvalue weighted by Gasteiger charge is -2.23. The molecule has 0 radical (unpaired) electrons. The fourth-order valence-electron chi connectivity index (χ4n) is 1.64. The van der Waals surface area contributed by atoms with Gasteiger partial charge in [-0.25, -0.2) is 0 Å². The quantitative estimate of drug-likeness (QED) is 0.613. The van der Waals surface area contributed by atoms with Crippen LogP contribution in [0.25, 0.3) is 0 Å². The molecule has 0 spiro atoms. The van der Waals surface area contributed by atoms with Crippen molar-refractivity contribution in [2.45, 2.75) is 38.2 Å². The van der Waals surface area contributed by atoms with Crippen molar-refractivity contribution in [2.24, 2.45) is 5.92 Å². The minimum absolute atomic E-state index is 0.102. The number of aliphatic hydroxyl groups excluding tert-OH is 1. The van der Waals surface area contributed by atoms with Crippen molar-refractivity contribution < 1.29 is 9.90 Å². The van der Waals surface area contributed by atoms with Gasteiger partial charge in [0.1, 0.15) is 6.10 Å². The third kappa shape index (κ3) is 2.71. The summed E-state index contributed by atoms with van der Waals surface area (Å²) in [5, 5.41) is 9.39. The fraction of sp³-hybridized carbons (Fsp3) is 0.875. The van der Waals surface area contributed by atoms with Gasteiger partial charge in [0.15, 0.2) is 0 Å². The van der Waals surface area contributed by atoms with Gasteiger partial charge >= 0.3 is 0 Å². The average Bonchev–Trinajstić information content (AvgIpc) is 2.05. The summed E-state index contributed by atoms with van der Waals surface area (Å²) in [5.74, 6) is 0.244. The molecule has 0 amide bonds. The number of halogens is 1. The highest BCUT2D eigenvalue weighted by Gasteiger charge is 2.25. The molecule has 0 bridgehead atoms. The Labute approximate surface area is 80.5 Å². The van der Waals surface area contributed by atoms with E-state index in [0.29, 0.717) is 0 Å². The molecule has 11 heavy (non-hydrogen) atoms. The molecule has 0 heterocycles. The second kappa shape index (κ2) is 4.40. The summed E-state index contributed by atoms with van der Waals surface area (Å²) in [5.41, 5.74) is 0. The van der Waals surface area contributed by atoms with Crippen molar-refractivity contribution >= 4 is 26.4 Å². The summed E-state index contributed by atoms with van der Waals surface area (Å²) in [6.07, 6.45) is 4.96. The molecular weight excluding hydrogens is 255 g/mol. The van der Waals surface area contributed by atoms with Crippen molar-refractivity contribution in [3.8, 4) is 0 Å². The van der Waals surface area contributed by atoms with E-state index >= 15 is 0 Å². The molecule has 1 rings (SSSR count). The number of aliphatic hydroxyl groups is 1. The summed E-state index contributed by atoms with van der Waals surface area (Å²) in [6.45, 7) is 0. The second-order valence-corrected chi connectivity index (χ2v) is 4.21. The Morgan fingerprint density at radius 3 is 2.36 bits per heavy atom. The smallest absolute Gasteiger partial charge is 0.220 e. The first-order valence-corrected chi connectivity index (χ1v) is 5.17. The van der Waals surface area contributed by atoms with Gasteiger partial charge in [0.2, 0.25) is 3.79 Å². The van der Waals surface area contributed by atoms with E-state index in [1.54, 1.807) is 22.6 Å². The van der Waals surface area contributed by atoms with E-state index in [9.17, 15) is 9.90 Å². The monoisotopic (exact) mass is 268 g/mol. The lowest BCUT2D eigenvalue weighted by molar-refractivity contribution is -0.119. The molecule has 64 valence electrons. The van der Waals surface area contributed by atoms with Crippen LogP contribution in [0.15, 0.2) is 0 Å². The lowest BCUT2D eigenvalue weighted by atomic mass is 9.86. The highest BCUT2D eigenvalue weighted by molar-refractivity contribution is 14.1. The Bertz CT molecular complexity index is 141. The van der Waals surface area contributed by atoms with Crippen LogP contribution in [0.2, 0.25) is 0 Å². The first-order chi connectivity index (χ1) is 5.22. The van der Waals surface area contributed by atoms with Crippen LogP contribution in [0, 0.1) is 5.92 Å². The molecule has 1 aliphatic carbocycles. The summed E-state index contributed by atoms with van der Waals surface area (Å²) in [4.78, 5) is 10.8. The van der Waals surface area contributed by atoms with E-state index in [1.807, 2.05) is 0 Å². The number of carbonyl (C=O) groups excluding carboxylic acids is 1. The molecule has 3 heteroatoms. The highest BCUT2D eigenvalue weighted by atomic mass is 127. The van der Waals surface area contributed by atoms with Crippen molar-refractivity contribution in [3.05, 3.63) is 0 Å². The van der Waals surface area contributed by atoms with Gasteiger partial charge in [-0.1, -0.05) is 19.3 Å². The fourth-order valence-corrected chi connectivity index (χ4v) is 2.14. The van der Waals surface area contributed by atoms with Gasteiger partial charge in [-0.3, -0.25) is 4.79 Å². The third-order valence-corrected chi connectivity index (χ3v) is 2.97. The highest BCUT2D eigenvalue weighted by Crippen LogP contribution is 2.27. The molecule has 0 aromatic carbocycles. The number of rotatable bonds is 2. The summed E-state index contributed by atoms with van der Waals surface area (Å²) in [6, 6.07) is 0. The van der Waals surface area contributed by atoms with Gasteiger partial charge in [-0.15, -0.1) is 0 Å². The molecule has 1 unspecified atom stereocenters. The average molecular weight is 268 g/mol. The van der Waals surface area contributed by atoms with Crippen LogP contribution in [0.5, 0.6) is 0 Å². The van der Waals surface area contributed by atoms with Gasteiger partial charge in [0.25, 0.3) is 0 Å². The van der Waals surface area contributed by atoms with Crippen LogP contribution < -0.4 is 0 Å². The van der Waals surface area contributed by atoms with Crippen LogP contribution in [0.4, 0.5) is 0 Å². The largest absolute Gasteiger partial charge is 0.384 e. The first-order valence-electron chi connectivity index (χ1n) is 4.09. The third-order valence-electron chi connectivity index (χ3n) is 2.33. The van der Waals surface area contributed by atoms with Gasteiger partial charge in [-0.2, -0.15) is 0 Å². The molecule has 0 saturated heterocycles. The Balaban J connectivity index is 2.38. The van der Waals surface area contributed by atoms with E-state index in [2.05, 4.69) is 0 Å². The molecule has 1 fully saturated rings. The molecule has 1 N–H and O–H groups in total. The minimum atomic E-state index is -0.698. The number of carbonyl (C=O) groups is 1. The maximum atomic E-state index is 10.8. The molecule has 1 aliphatic rings. The zero-order valence-corrected chi connectivity index (χ0v) is 8.58. The Morgan fingerprint density at radius 1 is 1.36 bits per heavy atom. The number of hydrogen-bond donors (Lipinski definition) is 1. The van der Waals surface area contributed by atoms with Crippen LogP contribution in [0.3, 0.4) is 0 Å². The zero-order valence-electron chi connectivity index (χ0n) is 6.42. The van der Waals surface area contributed by atoms with Gasteiger partial charge in [0, 0.05) is 22.6 Å². The van der Waals surface area contributed by atoms with E-state index in [-0.39, 0.29) is 9.71 Å². The van der Waals surface area contributed by atoms with Crippen molar-refractivity contribution in [3.63, 3.8) is 0 Å². The van der Waals surface area contributed by atoms with Gasteiger partial charge < -0.3 is 5.11 Å². The SMILES string of the molecule is O=C(I)C(O)C1CCCCC1. The Morgan fingerprint density at radius 2 is 1.91 bits per heavy atom. The molecule has 2 nitrogen and oxygen atoms in total. The Kier molecular flexibility index (Phi) is 3.78. The maximum absolute atomic E-state index is 10.8. The van der Waals surface area contributed by atoms with Crippen LogP contribution in [-0.4, -0.2) is 15.0 Å². The topological polar surface area (TPSA) is 37.3 Å². The zero-order chi connectivity index (χ0) is 8.27. The van der Waals surface area contributed by atoms with E-state index in [4.69, 9.17) is 0 Å². The molecular formula is C8H13IO2. The minimum Gasteiger partial charge on any atom is -0.384 e. The van der Waals surface area contributed by atoms with Crippen LogP contribution in [-0.2, 0) is 4.79 Å². The first kappa shape index (κ1) is 9.45. The summed E-state index contributed by atoms with van der Waals surface area (Å²) < 4.78 is -0.102. The summed E-state index contributed by atoms with van der Waals surface area (Å²) in [7, 11) is 0. The van der Waals surface area contributed by atoms with Crippen LogP contribution >= 0.6 is 22.6 Å². The van der Waals surface area contributed by atoms with Gasteiger partial charge in [-0.05, 0) is 18.8 Å². The normalized spacial score (nSPS) is 23.1. The molecule has 0 aromatic rings. The predicted molar refractivity (Wildman–Crippen MR) is 51.6 cm³/mol. The molecule has 1 atom stereocenters.